The van der Waals surface area contributed by atoms with Crippen LogP contribution in [0.5, 0.6) is 5.75 Å². The number of nitrogens with zero attached hydrogens (tertiary/aromatic N) is 2. The van der Waals surface area contributed by atoms with Crippen molar-refractivity contribution in [2.75, 3.05) is 37.0 Å². The highest BCUT2D eigenvalue weighted by atomic mass is 32.2. The van der Waals surface area contributed by atoms with Gasteiger partial charge in [0, 0.05) is 19.8 Å². The molecular formula is C23H28N4O3S2. The minimum atomic E-state index is -0.482. The van der Waals surface area contributed by atoms with E-state index in [0.717, 1.165) is 34.6 Å². The number of carbonyl (C=O) groups is 1. The summed E-state index contributed by atoms with van der Waals surface area (Å²) in [5, 5.41) is 15.0. The fraction of sp³-hybridized carbons (Fsp3) is 0.348. The average Bonchev–Trinajstić information content (AvgIpc) is 3.27. The second-order valence-electron chi connectivity index (χ2n) is 6.68. The van der Waals surface area contributed by atoms with Gasteiger partial charge in [0.15, 0.2) is 4.34 Å². The van der Waals surface area contributed by atoms with Gasteiger partial charge in [-0.15, -0.1) is 10.2 Å². The molecule has 32 heavy (non-hydrogen) atoms. The molecule has 0 spiro atoms. The molecule has 1 atom stereocenters. The first-order valence-corrected chi connectivity index (χ1v) is 12.3. The molecule has 0 aliphatic heterocycles. The topological polar surface area (TPSA) is 85.4 Å². The number of hydrogen-bond donors (Lipinski definition) is 2. The van der Waals surface area contributed by atoms with E-state index in [4.69, 9.17) is 9.47 Å². The summed E-state index contributed by atoms with van der Waals surface area (Å²) in [6.45, 7) is 6.61. The van der Waals surface area contributed by atoms with E-state index in [-0.39, 0.29) is 5.91 Å². The lowest BCUT2D eigenvalue weighted by atomic mass is 10.1. The van der Waals surface area contributed by atoms with Crippen LogP contribution in [0.15, 0.2) is 58.9 Å². The monoisotopic (exact) mass is 472 g/mol. The third-order valence-corrected chi connectivity index (χ3v) is 6.58. The van der Waals surface area contributed by atoms with Crippen LogP contribution in [0.4, 0.5) is 10.8 Å². The number of thioether (sulfide) groups is 1. The Morgan fingerprint density at radius 3 is 2.62 bits per heavy atom. The van der Waals surface area contributed by atoms with Gasteiger partial charge < -0.3 is 20.1 Å². The van der Waals surface area contributed by atoms with Gasteiger partial charge in [-0.3, -0.25) is 4.79 Å². The number of benzene rings is 2. The smallest absolute Gasteiger partial charge is 0.242 e. The average molecular weight is 473 g/mol. The summed E-state index contributed by atoms with van der Waals surface area (Å²) in [5.74, 6) is 0.504. The number of hydrogen-bond acceptors (Lipinski definition) is 8. The van der Waals surface area contributed by atoms with Crippen molar-refractivity contribution in [2.24, 2.45) is 0 Å². The zero-order valence-electron chi connectivity index (χ0n) is 18.2. The van der Waals surface area contributed by atoms with E-state index in [1.807, 2.05) is 68.4 Å². The molecule has 0 bridgehead atoms. The number of rotatable bonds is 13. The van der Waals surface area contributed by atoms with Crippen LogP contribution < -0.4 is 15.4 Å². The second kappa shape index (κ2) is 13.0. The lowest BCUT2D eigenvalue weighted by Crippen LogP contribution is -2.19. The van der Waals surface area contributed by atoms with Crippen molar-refractivity contribution < 1.29 is 14.3 Å². The molecule has 2 N–H and O–H groups in total. The third-order valence-electron chi connectivity index (χ3n) is 4.36. The van der Waals surface area contributed by atoms with Gasteiger partial charge in [0.2, 0.25) is 11.0 Å². The standard InChI is InChI=1S/C23H28N4O3S2/c1-3-29-16-10-15-24-22-26-27-23(32-22)31-20(17-11-6-5-7-12-17)21(28)25-18-13-8-9-14-19(18)30-4-2/h5-9,11-14,20H,3-4,10,15-16H2,1-2H3,(H,24,26)(H,25,28). The molecule has 0 aliphatic rings. The highest BCUT2D eigenvalue weighted by Gasteiger charge is 2.25. The quantitative estimate of drug-likeness (QED) is 0.260. The highest BCUT2D eigenvalue weighted by Crippen LogP contribution is 2.39. The molecule has 1 heterocycles. The number of anilines is 2. The largest absolute Gasteiger partial charge is 0.492 e. The van der Waals surface area contributed by atoms with Crippen molar-refractivity contribution in [2.45, 2.75) is 29.9 Å². The maximum Gasteiger partial charge on any atom is 0.242 e. The first-order chi connectivity index (χ1) is 15.7. The molecule has 0 aliphatic carbocycles. The molecule has 0 saturated heterocycles. The van der Waals surface area contributed by atoms with Gasteiger partial charge in [-0.05, 0) is 38.0 Å². The van der Waals surface area contributed by atoms with Gasteiger partial charge in [0.05, 0.1) is 12.3 Å². The maximum absolute atomic E-state index is 13.3. The Kier molecular flexibility index (Phi) is 9.80. The lowest BCUT2D eigenvalue weighted by Gasteiger charge is -2.17. The zero-order valence-corrected chi connectivity index (χ0v) is 19.9. The minimum absolute atomic E-state index is 0.144. The molecule has 0 fully saturated rings. The molecule has 7 nitrogen and oxygen atoms in total. The Morgan fingerprint density at radius 2 is 1.84 bits per heavy atom. The van der Waals surface area contributed by atoms with Gasteiger partial charge in [-0.25, -0.2) is 0 Å². The van der Waals surface area contributed by atoms with Crippen molar-refractivity contribution >= 4 is 39.8 Å². The van der Waals surface area contributed by atoms with Crippen molar-refractivity contribution in [3.63, 3.8) is 0 Å². The third kappa shape index (κ3) is 7.22. The van der Waals surface area contributed by atoms with E-state index < -0.39 is 5.25 Å². The molecule has 1 aromatic heterocycles. The Morgan fingerprint density at radius 1 is 1.06 bits per heavy atom. The number of nitrogens with one attached hydrogen (secondary N) is 2. The van der Waals surface area contributed by atoms with Gasteiger partial charge in [-0.2, -0.15) is 0 Å². The Hall–Kier alpha value is -2.62. The second-order valence-corrected chi connectivity index (χ2v) is 9.01. The summed E-state index contributed by atoms with van der Waals surface area (Å²) in [5.41, 5.74) is 1.54. The van der Waals surface area contributed by atoms with Gasteiger partial charge in [-0.1, -0.05) is 65.6 Å². The van der Waals surface area contributed by atoms with Crippen molar-refractivity contribution in [1.29, 1.82) is 0 Å². The lowest BCUT2D eigenvalue weighted by molar-refractivity contribution is -0.115. The van der Waals surface area contributed by atoms with E-state index in [1.165, 1.54) is 23.1 Å². The molecular weight excluding hydrogens is 444 g/mol. The number of aromatic nitrogens is 2. The first kappa shape index (κ1) is 24.0. The fourth-order valence-electron chi connectivity index (χ4n) is 2.89. The van der Waals surface area contributed by atoms with Crippen LogP contribution in [-0.2, 0) is 9.53 Å². The molecule has 1 amide bonds. The van der Waals surface area contributed by atoms with Crippen LogP contribution in [0.1, 0.15) is 31.1 Å². The molecule has 3 rings (SSSR count). The highest BCUT2D eigenvalue weighted by molar-refractivity contribution is 8.02. The molecule has 0 radical (unpaired) electrons. The van der Waals surface area contributed by atoms with Gasteiger partial charge in [0.1, 0.15) is 11.0 Å². The molecule has 3 aromatic rings. The van der Waals surface area contributed by atoms with E-state index in [9.17, 15) is 4.79 Å². The number of ether oxygens (including phenoxy) is 2. The minimum Gasteiger partial charge on any atom is -0.492 e. The van der Waals surface area contributed by atoms with Crippen LogP contribution in [0, 0.1) is 0 Å². The summed E-state index contributed by atoms with van der Waals surface area (Å²) in [6.07, 6.45) is 0.893. The normalized spacial score (nSPS) is 11.7. The van der Waals surface area contributed by atoms with Crippen LogP contribution >= 0.6 is 23.1 Å². The van der Waals surface area contributed by atoms with Crippen molar-refractivity contribution in [1.82, 2.24) is 10.2 Å². The van der Waals surface area contributed by atoms with Crippen LogP contribution in [0.3, 0.4) is 0 Å². The van der Waals surface area contributed by atoms with E-state index in [2.05, 4.69) is 20.8 Å². The Bertz CT molecular complexity index is 969. The molecule has 0 saturated carbocycles. The SMILES string of the molecule is CCOCCCNc1nnc(SC(C(=O)Nc2ccccc2OCC)c2ccccc2)s1. The summed E-state index contributed by atoms with van der Waals surface area (Å²) >= 11 is 2.82. The molecule has 1 unspecified atom stereocenters. The van der Waals surface area contributed by atoms with Crippen LogP contribution in [0.25, 0.3) is 0 Å². The predicted octanol–water partition coefficient (Wildman–Crippen LogP) is 5.25. The van der Waals surface area contributed by atoms with Crippen molar-refractivity contribution in [3.05, 3.63) is 60.2 Å². The first-order valence-electron chi connectivity index (χ1n) is 10.6. The fourth-order valence-corrected chi connectivity index (χ4v) is 4.86. The van der Waals surface area contributed by atoms with E-state index in [1.54, 1.807) is 0 Å². The van der Waals surface area contributed by atoms with Gasteiger partial charge in [0.25, 0.3) is 0 Å². The Balaban J connectivity index is 1.70. The molecule has 2 aromatic carbocycles. The predicted molar refractivity (Wildman–Crippen MR) is 131 cm³/mol. The van der Waals surface area contributed by atoms with Gasteiger partial charge >= 0.3 is 0 Å². The molecule has 9 heteroatoms. The van der Waals surface area contributed by atoms with E-state index >= 15 is 0 Å². The summed E-state index contributed by atoms with van der Waals surface area (Å²) in [6, 6.07) is 17.1. The molecule has 170 valence electrons. The van der Waals surface area contributed by atoms with E-state index in [0.29, 0.717) is 24.7 Å². The number of amides is 1. The number of carbonyl (C=O) groups excluding carboxylic acids is 1. The maximum atomic E-state index is 13.3. The summed E-state index contributed by atoms with van der Waals surface area (Å²) in [7, 11) is 0. The van der Waals surface area contributed by atoms with Crippen LogP contribution in [0.2, 0.25) is 0 Å². The van der Waals surface area contributed by atoms with Crippen LogP contribution in [-0.4, -0.2) is 42.5 Å². The zero-order chi connectivity index (χ0) is 22.6. The number of para-hydroxylation sites is 2. The summed E-state index contributed by atoms with van der Waals surface area (Å²) < 4.78 is 11.7. The van der Waals surface area contributed by atoms with Crippen molar-refractivity contribution in [3.8, 4) is 5.75 Å². The Labute approximate surface area is 196 Å². The summed E-state index contributed by atoms with van der Waals surface area (Å²) in [4.78, 5) is 13.3.